The minimum absolute atomic E-state index is 0.0302. The molecule has 19 heavy (non-hydrogen) atoms. The van der Waals surface area contributed by atoms with E-state index in [0.29, 0.717) is 6.42 Å². The van der Waals surface area contributed by atoms with Gasteiger partial charge < -0.3 is 11.1 Å². The summed E-state index contributed by atoms with van der Waals surface area (Å²) in [5.41, 5.74) is 6.87. The Morgan fingerprint density at radius 2 is 2.11 bits per heavy atom. The van der Waals surface area contributed by atoms with E-state index in [4.69, 9.17) is 5.73 Å². The molecule has 3 nitrogen and oxygen atoms in total. The first kappa shape index (κ1) is 14.4. The number of amides is 1. The van der Waals surface area contributed by atoms with Crippen LogP contribution in [0.3, 0.4) is 0 Å². The predicted molar refractivity (Wildman–Crippen MR) is 81.5 cm³/mol. The summed E-state index contributed by atoms with van der Waals surface area (Å²) < 4.78 is 0. The van der Waals surface area contributed by atoms with Crippen molar-refractivity contribution in [1.82, 2.24) is 0 Å². The van der Waals surface area contributed by atoms with Crippen LogP contribution in [-0.4, -0.2) is 17.7 Å². The van der Waals surface area contributed by atoms with Crippen LogP contribution < -0.4 is 11.1 Å². The van der Waals surface area contributed by atoms with Crippen molar-refractivity contribution >= 4 is 23.4 Å². The summed E-state index contributed by atoms with van der Waals surface area (Å²) in [6, 6.07) is 7.90. The van der Waals surface area contributed by atoms with Crippen LogP contribution in [-0.2, 0) is 4.79 Å². The number of carbonyl (C=O) groups is 1. The van der Waals surface area contributed by atoms with Gasteiger partial charge in [-0.15, -0.1) is 11.8 Å². The molecule has 4 heteroatoms. The highest BCUT2D eigenvalue weighted by atomic mass is 32.2. The van der Waals surface area contributed by atoms with E-state index in [9.17, 15) is 4.79 Å². The fourth-order valence-electron chi connectivity index (χ4n) is 2.66. The fraction of sp³-hybridized carbons (Fsp3) is 0.533. The van der Waals surface area contributed by atoms with Gasteiger partial charge in [-0.3, -0.25) is 4.79 Å². The first-order chi connectivity index (χ1) is 9.11. The van der Waals surface area contributed by atoms with Crippen molar-refractivity contribution in [1.29, 1.82) is 0 Å². The Bertz CT molecular complexity index is 442. The molecule has 0 aromatic heterocycles. The number of hydrogen-bond acceptors (Lipinski definition) is 3. The summed E-state index contributed by atoms with van der Waals surface area (Å²) >= 11 is 1.67. The van der Waals surface area contributed by atoms with Crippen LogP contribution >= 0.6 is 11.8 Å². The van der Waals surface area contributed by atoms with E-state index >= 15 is 0 Å². The third-order valence-corrected chi connectivity index (χ3v) is 4.44. The second-order valence-electron chi connectivity index (χ2n) is 5.38. The number of nitrogens with two attached hydrogens (primary N) is 1. The summed E-state index contributed by atoms with van der Waals surface area (Å²) in [4.78, 5) is 13.2. The Morgan fingerprint density at radius 1 is 1.37 bits per heavy atom. The fourth-order valence-corrected chi connectivity index (χ4v) is 3.12. The molecule has 0 unspecified atom stereocenters. The number of benzene rings is 1. The summed E-state index contributed by atoms with van der Waals surface area (Å²) in [6.45, 7) is 0. The van der Waals surface area contributed by atoms with Gasteiger partial charge in [0.15, 0.2) is 0 Å². The van der Waals surface area contributed by atoms with Crippen LogP contribution in [0.15, 0.2) is 29.2 Å². The minimum Gasteiger partial charge on any atom is -0.326 e. The zero-order chi connectivity index (χ0) is 13.7. The number of carbonyl (C=O) groups excluding carboxylic acids is 1. The zero-order valence-corrected chi connectivity index (χ0v) is 12.3. The Hall–Kier alpha value is -1.00. The standard InChI is InChI=1S/C15H22N2OS/c1-19-13-7-5-6-12(10-13)17-14(18)11-15(16)8-3-2-4-9-15/h5-7,10H,2-4,8-9,11,16H2,1H3,(H,17,18). The molecule has 3 N–H and O–H groups in total. The molecule has 0 spiro atoms. The lowest BCUT2D eigenvalue weighted by molar-refractivity contribution is -0.117. The lowest BCUT2D eigenvalue weighted by Crippen LogP contribution is -2.44. The van der Waals surface area contributed by atoms with Gasteiger partial charge in [-0.1, -0.05) is 25.3 Å². The Kier molecular flexibility index (Phi) is 4.88. The van der Waals surface area contributed by atoms with Crippen LogP contribution in [0.4, 0.5) is 5.69 Å². The van der Waals surface area contributed by atoms with Crippen LogP contribution in [0.1, 0.15) is 38.5 Å². The highest BCUT2D eigenvalue weighted by Gasteiger charge is 2.29. The van der Waals surface area contributed by atoms with Gasteiger partial charge in [0.25, 0.3) is 0 Å². The molecule has 1 amide bonds. The molecule has 0 bridgehead atoms. The second kappa shape index (κ2) is 6.44. The smallest absolute Gasteiger partial charge is 0.226 e. The van der Waals surface area contributed by atoms with Gasteiger partial charge in [0.1, 0.15) is 0 Å². The lowest BCUT2D eigenvalue weighted by atomic mass is 9.80. The van der Waals surface area contributed by atoms with E-state index in [2.05, 4.69) is 5.32 Å². The number of nitrogens with one attached hydrogen (secondary N) is 1. The second-order valence-corrected chi connectivity index (χ2v) is 6.26. The predicted octanol–water partition coefficient (Wildman–Crippen LogP) is 3.40. The molecular formula is C15H22N2OS. The van der Waals surface area contributed by atoms with E-state index in [1.165, 1.54) is 6.42 Å². The van der Waals surface area contributed by atoms with E-state index in [0.717, 1.165) is 36.3 Å². The minimum atomic E-state index is -0.292. The summed E-state index contributed by atoms with van der Waals surface area (Å²) in [6.07, 6.45) is 7.92. The molecule has 1 aromatic carbocycles. The molecule has 0 aliphatic heterocycles. The van der Waals surface area contributed by atoms with E-state index in [1.807, 2.05) is 30.5 Å². The summed E-state index contributed by atoms with van der Waals surface area (Å²) in [5.74, 6) is 0.0302. The van der Waals surface area contributed by atoms with Crippen LogP contribution in [0.25, 0.3) is 0 Å². The number of rotatable bonds is 4. The third kappa shape index (κ3) is 4.25. The van der Waals surface area contributed by atoms with E-state index in [-0.39, 0.29) is 11.4 Å². The average molecular weight is 278 g/mol. The van der Waals surface area contributed by atoms with Crippen molar-refractivity contribution in [2.45, 2.75) is 49.0 Å². The SMILES string of the molecule is CSc1cccc(NC(=O)CC2(N)CCCCC2)c1. The molecule has 0 saturated heterocycles. The summed E-state index contributed by atoms with van der Waals surface area (Å²) in [7, 11) is 0. The number of hydrogen-bond donors (Lipinski definition) is 2. The lowest BCUT2D eigenvalue weighted by Gasteiger charge is -2.32. The Labute approximate surface area is 119 Å². The van der Waals surface area contributed by atoms with Gasteiger partial charge in [0, 0.05) is 22.5 Å². The molecular weight excluding hydrogens is 256 g/mol. The van der Waals surface area contributed by atoms with Crippen molar-refractivity contribution in [2.75, 3.05) is 11.6 Å². The van der Waals surface area contributed by atoms with Crippen molar-refractivity contribution in [2.24, 2.45) is 5.73 Å². The Morgan fingerprint density at radius 3 is 2.79 bits per heavy atom. The average Bonchev–Trinajstić information content (AvgIpc) is 2.39. The largest absolute Gasteiger partial charge is 0.326 e. The van der Waals surface area contributed by atoms with Crippen molar-refractivity contribution in [3.05, 3.63) is 24.3 Å². The van der Waals surface area contributed by atoms with E-state index < -0.39 is 0 Å². The molecule has 0 radical (unpaired) electrons. The van der Waals surface area contributed by atoms with Crippen molar-refractivity contribution in [3.8, 4) is 0 Å². The first-order valence-corrected chi connectivity index (χ1v) is 8.07. The van der Waals surface area contributed by atoms with Gasteiger partial charge in [-0.2, -0.15) is 0 Å². The monoisotopic (exact) mass is 278 g/mol. The normalized spacial score (nSPS) is 18.0. The number of anilines is 1. The molecule has 1 aromatic rings. The topological polar surface area (TPSA) is 55.1 Å². The van der Waals surface area contributed by atoms with Gasteiger partial charge in [0.2, 0.25) is 5.91 Å². The molecule has 104 valence electrons. The van der Waals surface area contributed by atoms with Gasteiger partial charge in [-0.25, -0.2) is 0 Å². The first-order valence-electron chi connectivity index (χ1n) is 6.84. The molecule has 1 aliphatic carbocycles. The van der Waals surface area contributed by atoms with Gasteiger partial charge in [0.05, 0.1) is 0 Å². The quantitative estimate of drug-likeness (QED) is 0.830. The van der Waals surface area contributed by atoms with Gasteiger partial charge in [-0.05, 0) is 37.3 Å². The third-order valence-electron chi connectivity index (χ3n) is 3.72. The highest BCUT2D eigenvalue weighted by molar-refractivity contribution is 7.98. The molecule has 0 atom stereocenters. The van der Waals surface area contributed by atoms with Crippen LogP contribution in [0.2, 0.25) is 0 Å². The zero-order valence-electron chi connectivity index (χ0n) is 11.4. The Balaban J connectivity index is 1.93. The van der Waals surface area contributed by atoms with Crippen molar-refractivity contribution < 1.29 is 4.79 Å². The molecule has 2 rings (SSSR count). The number of thioether (sulfide) groups is 1. The maximum absolute atomic E-state index is 12.1. The van der Waals surface area contributed by atoms with Crippen molar-refractivity contribution in [3.63, 3.8) is 0 Å². The van der Waals surface area contributed by atoms with Crippen LogP contribution in [0.5, 0.6) is 0 Å². The van der Waals surface area contributed by atoms with Crippen LogP contribution in [0, 0.1) is 0 Å². The molecule has 0 heterocycles. The highest BCUT2D eigenvalue weighted by Crippen LogP contribution is 2.29. The summed E-state index contributed by atoms with van der Waals surface area (Å²) in [5, 5.41) is 2.96. The molecule has 1 saturated carbocycles. The maximum atomic E-state index is 12.1. The van der Waals surface area contributed by atoms with E-state index in [1.54, 1.807) is 11.8 Å². The van der Waals surface area contributed by atoms with Gasteiger partial charge >= 0.3 is 0 Å². The molecule has 1 fully saturated rings. The maximum Gasteiger partial charge on any atom is 0.226 e. The molecule has 1 aliphatic rings.